The summed E-state index contributed by atoms with van der Waals surface area (Å²) >= 11 is 1.68. The van der Waals surface area contributed by atoms with Gasteiger partial charge in [-0.3, -0.25) is 0 Å². The topological polar surface area (TPSA) is 64.1 Å². The van der Waals surface area contributed by atoms with E-state index >= 15 is 0 Å². The van der Waals surface area contributed by atoms with Gasteiger partial charge in [-0.05, 0) is 32.9 Å². The fourth-order valence-electron chi connectivity index (χ4n) is 1.74. The Hall–Kier alpha value is -1.95. The first-order valence-corrected chi connectivity index (χ1v) is 7.21. The monoisotopic (exact) mass is 291 g/mol. The first-order chi connectivity index (χ1) is 9.60. The zero-order valence-corrected chi connectivity index (χ0v) is 12.6. The molecular weight excluding hydrogens is 274 g/mol. The predicted octanol–water partition coefficient (Wildman–Crippen LogP) is 2.94. The number of rotatable bonds is 5. The summed E-state index contributed by atoms with van der Waals surface area (Å²) in [5, 5.41) is 4.25. The molecule has 0 amide bonds. The van der Waals surface area contributed by atoms with Crippen LogP contribution in [0.25, 0.3) is 0 Å². The third-order valence-electron chi connectivity index (χ3n) is 2.71. The smallest absolute Gasteiger partial charge is 0.339 e. The van der Waals surface area contributed by atoms with Gasteiger partial charge in [0.1, 0.15) is 5.82 Å². The molecule has 0 bridgehead atoms. The Kier molecular flexibility index (Phi) is 4.68. The van der Waals surface area contributed by atoms with Crippen molar-refractivity contribution >= 4 is 23.1 Å². The minimum atomic E-state index is -0.350. The van der Waals surface area contributed by atoms with Gasteiger partial charge in [0.05, 0.1) is 29.4 Å². The molecule has 0 aliphatic rings. The molecular formula is C14H17N3O2S. The van der Waals surface area contributed by atoms with Crippen LogP contribution in [0.4, 0.5) is 5.82 Å². The van der Waals surface area contributed by atoms with Crippen LogP contribution >= 0.6 is 11.3 Å². The molecule has 2 aromatic heterocycles. The van der Waals surface area contributed by atoms with Gasteiger partial charge in [0.25, 0.3) is 0 Å². The molecule has 2 aromatic rings. The Morgan fingerprint density at radius 2 is 2.20 bits per heavy atom. The number of thiazole rings is 1. The number of aromatic nitrogens is 2. The Balaban J connectivity index is 1.97. The second-order valence-corrected chi connectivity index (χ2v) is 5.65. The summed E-state index contributed by atoms with van der Waals surface area (Å²) in [6.45, 7) is 6.81. The van der Waals surface area contributed by atoms with E-state index in [1.807, 2.05) is 6.92 Å². The van der Waals surface area contributed by atoms with Crippen molar-refractivity contribution in [3.63, 3.8) is 0 Å². The number of pyridine rings is 1. The van der Waals surface area contributed by atoms with E-state index in [1.165, 1.54) is 11.1 Å². The molecule has 6 heteroatoms. The summed E-state index contributed by atoms with van der Waals surface area (Å²) in [5.74, 6) is 0.362. The maximum Gasteiger partial charge on any atom is 0.339 e. The summed E-state index contributed by atoms with van der Waals surface area (Å²) in [4.78, 5) is 21.3. The van der Waals surface area contributed by atoms with E-state index in [9.17, 15) is 4.79 Å². The molecule has 0 aliphatic carbocycles. The Labute approximate surface area is 122 Å². The number of carbonyl (C=O) groups is 1. The lowest BCUT2D eigenvalue weighted by molar-refractivity contribution is 0.0526. The number of hydrogen-bond acceptors (Lipinski definition) is 6. The van der Waals surface area contributed by atoms with Crippen molar-refractivity contribution in [3.05, 3.63) is 39.5 Å². The standard InChI is InChI=1S/C14H17N3O2S/c1-4-19-14(18)11-5-6-13(15-7-11)16-8-12-9(2)20-10(3)17-12/h5-7H,4,8H2,1-3H3,(H,15,16). The highest BCUT2D eigenvalue weighted by atomic mass is 32.1. The fourth-order valence-corrected chi connectivity index (χ4v) is 2.58. The molecule has 0 aliphatic heterocycles. The average Bonchev–Trinajstić information content (AvgIpc) is 2.75. The molecule has 0 unspecified atom stereocenters. The average molecular weight is 291 g/mol. The number of nitrogens with zero attached hydrogens (tertiary/aromatic N) is 2. The third-order valence-corrected chi connectivity index (χ3v) is 3.64. The molecule has 0 atom stereocenters. The summed E-state index contributed by atoms with van der Waals surface area (Å²) in [7, 11) is 0. The maximum atomic E-state index is 11.5. The van der Waals surface area contributed by atoms with Crippen LogP contribution in [0.5, 0.6) is 0 Å². The van der Waals surface area contributed by atoms with E-state index in [1.54, 1.807) is 30.4 Å². The summed E-state index contributed by atoms with van der Waals surface area (Å²) < 4.78 is 4.91. The number of nitrogens with one attached hydrogen (secondary N) is 1. The van der Waals surface area contributed by atoms with Crippen LogP contribution in [0.1, 0.15) is 32.9 Å². The fraction of sp³-hybridized carbons (Fsp3) is 0.357. The SMILES string of the molecule is CCOC(=O)c1ccc(NCc2nc(C)sc2C)nc1. The van der Waals surface area contributed by atoms with Crippen LogP contribution in [0.3, 0.4) is 0 Å². The van der Waals surface area contributed by atoms with E-state index in [2.05, 4.69) is 22.2 Å². The van der Waals surface area contributed by atoms with Crippen molar-refractivity contribution in [2.75, 3.05) is 11.9 Å². The van der Waals surface area contributed by atoms with E-state index in [4.69, 9.17) is 4.74 Å². The van der Waals surface area contributed by atoms with Crippen LogP contribution in [-0.4, -0.2) is 22.5 Å². The van der Waals surface area contributed by atoms with E-state index in [-0.39, 0.29) is 5.97 Å². The minimum absolute atomic E-state index is 0.350. The van der Waals surface area contributed by atoms with Crippen LogP contribution in [0.2, 0.25) is 0 Å². The van der Waals surface area contributed by atoms with Gasteiger partial charge >= 0.3 is 5.97 Å². The largest absolute Gasteiger partial charge is 0.462 e. The second-order valence-electron chi connectivity index (χ2n) is 4.24. The molecule has 0 saturated heterocycles. The summed E-state index contributed by atoms with van der Waals surface area (Å²) in [6, 6.07) is 3.47. The lowest BCUT2D eigenvalue weighted by Gasteiger charge is -2.05. The number of ether oxygens (including phenoxy) is 1. The highest BCUT2D eigenvalue weighted by Crippen LogP contribution is 2.17. The van der Waals surface area contributed by atoms with Crippen molar-refractivity contribution in [2.24, 2.45) is 0 Å². The Bertz CT molecular complexity index is 593. The van der Waals surface area contributed by atoms with Gasteiger partial charge in [-0.1, -0.05) is 0 Å². The molecule has 20 heavy (non-hydrogen) atoms. The van der Waals surface area contributed by atoms with Crippen molar-refractivity contribution in [1.82, 2.24) is 9.97 Å². The normalized spacial score (nSPS) is 10.3. The quantitative estimate of drug-likeness (QED) is 0.858. The molecule has 2 heterocycles. The molecule has 106 valence electrons. The van der Waals surface area contributed by atoms with Crippen molar-refractivity contribution < 1.29 is 9.53 Å². The number of aryl methyl sites for hydroxylation is 2. The molecule has 0 aromatic carbocycles. The van der Waals surface area contributed by atoms with Gasteiger partial charge in [-0.25, -0.2) is 14.8 Å². The zero-order chi connectivity index (χ0) is 14.5. The maximum absolute atomic E-state index is 11.5. The zero-order valence-electron chi connectivity index (χ0n) is 11.8. The molecule has 0 spiro atoms. The molecule has 0 radical (unpaired) electrons. The first-order valence-electron chi connectivity index (χ1n) is 6.40. The van der Waals surface area contributed by atoms with E-state index in [0.717, 1.165) is 10.7 Å². The van der Waals surface area contributed by atoms with E-state index in [0.29, 0.717) is 24.5 Å². The van der Waals surface area contributed by atoms with Gasteiger partial charge in [-0.2, -0.15) is 0 Å². The highest BCUT2D eigenvalue weighted by Gasteiger charge is 2.08. The van der Waals surface area contributed by atoms with Gasteiger partial charge < -0.3 is 10.1 Å². The molecule has 2 rings (SSSR count). The number of anilines is 1. The second kappa shape index (κ2) is 6.47. The highest BCUT2D eigenvalue weighted by molar-refractivity contribution is 7.11. The van der Waals surface area contributed by atoms with Gasteiger partial charge in [0, 0.05) is 11.1 Å². The third kappa shape index (κ3) is 3.54. The van der Waals surface area contributed by atoms with Crippen molar-refractivity contribution in [2.45, 2.75) is 27.3 Å². The van der Waals surface area contributed by atoms with Crippen molar-refractivity contribution in [1.29, 1.82) is 0 Å². The molecule has 0 saturated carbocycles. The first kappa shape index (κ1) is 14.5. The van der Waals surface area contributed by atoms with Crippen molar-refractivity contribution in [3.8, 4) is 0 Å². The Morgan fingerprint density at radius 3 is 2.75 bits per heavy atom. The molecule has 5 nitrogen and oxygen atoms in total. The van der Waals surface area contributed by atoms with Crippen LogP contribution in [0, 0.1) is 13.8 Å². The van der Waals surface area contributed by atoms with Crippen LogP contribution in [0.15, 0.2) is 18.3 Å². The number of hydrogen-bond donors (Lipinski definition) is 1. The summed E-state index contributed by atoms with van der Waals surface area (Å²) in [6.07, 6.45) is 1.51. The molecule has 0 fully saturated rings. The van der Waals surface area contributed by atoms with Gasteiger partial charge in [-0.15, -0.1) is 11.3 Å². The van der Waals surface area contributed by atoms with Crippen LogP contribution < -0.4 is 5.32 Å². The minimum Gasteiger partial charge on any atom is -0.462 e. The van der Waals surface area contributed by atoms with Gasteiger partial charge in [0.2, 0.25) is 0 Å². The van der Waals surface area contributed by atoms with Crippen LogP contribution in [-0.2, 0) is 11.3 Å². The number of carbonyl (C=O) groups excluding carboxylic acids is 1. The summed E-state index contributed by atoms with van der Waals surface area (Å²) in [5.41, 5.74) is 1.49. The molecule has 1 N–H and O–H groups in total. The number of esters is 1. The van der Waals surface area contributed by atoms with Gasteiger partial charge in [0.15, 0.2) is 0 Å². The lowest BCUT2D eigenvalue weighted by Crippen LogP contribution is -2.07. The lowest BCUT2D eigenvalue weighted by atomic mass is 10.3. The van der Waals surface area contributed by atoms with E-state index < -0.39 is 0 Å². The Morgan fingerprint density at radius 1 is 1.40 bits per heavy atom. The predicted molar refractivity (Wildman–Crippen MR) is 79.1 cm³/mol.